The van der Waals surface area contributed by atoms with E-state index in [1.807, 2.05) is 0 Å². The van der Waals surface area contributed by atoms with E-state index in [9.17, 15) is 14.4 Å². The number of ether oxygens (including phenoxy) is 2. The van der Waals surface area contributed by atoms with Crippen LogP contribution in [0.1, 0.15) is 27.8 Å². The molecule has 2 aromatic rings. The van der Waals surface area contributed by atoms with Crippen LogP contribution in [0.5, 0.6) is 5.75 Å². The van der Waals surface area contributed by atoms with E-state index in [0.29, 0.717) is 17.9 Å². The third kappa shape index (κ3) is 3.97. The average Bonchev–Trinajstić information content (AvgIpc) is 2.55. The number of pyridine rings is 1. The maximum Gasteiger partial charge on any atom is 0.338 e. The summed E-state index contributed by atoms with van der Waals surface area (Å²) in [7, 11) is 1.37. The number of H-pyrrole nitrogens is 1. The van der Waals surface area contributed by atoms with Crippen molar-refractivity contribution in [1.82, 2.24) is 4.98 Å². The Morgan fingerprint density at radius 1 is 1.22 bits per heavy atom. The fourth-order valence-electron chi connectivity index (χ4n) is 1.85. The van der Waals surface area contributed by atoms with Crippen molar-refractivity contribution in [2.24, 2.45) is 0 Å². The first-order chi connectivity index (χ1) is 11.0. The maximum atomic E-state index is 12.1. The SMILES string of the molecule is CCOC(=O)c1ccc(NC(=O)c2cc(=O)c(OC)c[nH]2)cc1. The fraction of sp³-hybridized carbons (Fsp3) is 0.188. The molecular weight excluding hydrogens is 300 g/mol. The summed E-state index contributed by atoms with van der Waals surface area (Å²) in [6.45, 7) is 2.02. The number of hydrogen-bond donors (Lipinski definition) is 2. The lowest BCUT2D eigenvalue weighted by Crippen LogP contribution is -2.17. The first-order valence-corrected chi connectivity index (χ1v) is 6.90. The molecule has 0 atom stereocenters. The first-order valence-electron chi connectivity index (χ1n) is 6.90. The molecular formula is C16H16N2O5. The molecule has 0 aliphatic carbocycles. The molecule has 1 aromatic carbocycles. The van der Waals surface area contributed by atoms with E-state index in [0.717, 1.165) is 6.07 Å². The molecule has 0 fully saturated rings. The second-order valence-corrected chi connectivity index (χ2v) is 4.53. The number of aromatic nitrogens is 1. The minimum atomic E-state index is -0.478. The van der Waals surface area contributed by atoms with Crippen LogP contribution in [-0.2, 0) is 4.74 Å². The topological polar surface area (TPSA) is 97.5 Å². The Kier molecular flexibility index (Phi) is 5.14. The number of hydrogen-bond acceptors (Lipinski definition) is 5. The molecule has 0 unspecified atom stereocenters. The monoisotopic (exact) mass is 316 g/mol. The number of benzene rings is 1. The van der Waals surface area contributed by atoms with E-state index in [2.05, 4.69) is 10.3 Å². The summed E-state index contributed by atoms with van der Waals surface area (Å²) in [5.74, 6) is -0.779. The van der Waals surface area contributed by atoms with Crippen molar-refractivity contribution in [3.05, 3.63) is 58.0 Å². The predicted molar refractivity (Wildman–Crippen MR) is 84.0 cm³/mol. The van der Waals surface area contributed by atoms with Crippen molar-refractivity contribution in [1.29, 1.82) is 0 Å². The lowest BCUT2D eigenvalue weighted by molar-refractivity contribution is 0.0526. The zero-order valence-corrected chi connectivity index (χ0v) is 12.7. The van der Waals surface area contributed by atoms with Crippen LogP contribution in [-0.4, -0.2) is 30.6 Å². The van der Waals surface area contributed by atoms with Gasteiger partial charge in [-0.1, -0.05) is 0 Å². The van der Waals surface area contributed by atoms with E-state index >= 15 is 0 Å². The van der Waals surface area contributed by atoms with Crippen molar-refractivity contribution in [2.45, 2.75) is 6.92 Å². The van der Waals surface area contributed by atoms with Crippen LogP contribution in [0, 0.1) is 0 Å². The minimum absolute atomic E-state index is 0.102. The van der Waals surface area contributed by atoms with Crippen LogP contribution in [0.3, 0.4) is 0 Å². The van der Waals surface area contributed by atoms with Crippen LogP contribution in [0.15, 0.2) is 41.3 Å². The van der Waals surface area contributed by atoms with Crippen LogP contribution in [0.4, 0.5) is 5.69 Å². The first kappa shape index (κ1) is 16.3. The molecule has 0 aliphatic rings. The smallest absolute Gasteiger partial charge is 0.338 e. The molecule has 7 nitrogen and oxygen atoms in total. The summed E-state index contributed by atoms with van der Waals surface area (Å²) in [5, 5.41) is 2.62. The van der Waals surface area contributed by atoms with Gasteiger partial charge in [-0.3, -0.25) is 9.59 Å². The largest absolute Gasteiger partial charge is 0.491 e. The standard InChI is InChI=1S/C16H16N2O5/c1-3-23-16(21)10-4-6-11(7-5-10)18-15(20)12-8-13(19)14(22-2)9-17-12/h4-9H,3H2,1-2H3,(H,17,19)(H,18,20). The van der Waals surface area contributed by atoms with Gasteiger partial charge in [0.05, 0.1) is 19.3 Å². The highest BCUT2D eigenvalue weighted by Gasteiger charge is 2.11. The Morgan fingerprint density at radius 3 is 2.48 bits per heavy atom. The quantitative estimate of drug-likeness (QED) is 0.820. The number of carbonyl (C=O) groups is 2. The van der Waals surface area contributed by atoms with Gasteiger partial charge < -0.3 is 19.8 Å². The van der Waals surface area contributed by atoms with Crippen molar-refractivity contribution in [3.8, 4) is 5.75 Å². The Labute approximate surface area is 132 Å². The van der Waals surface area contributed by atoms with Crippen molar-refractivity contribution in [3.63, 3.8) is 0 Å². The Morgan fingerprint density at radius 2 is 1.91 bits per heavy atom. The molecule has 0 bridgehead atoms. The average molecular weight is 316 g/mol. The molecule has 0 spiro atoms. The zero-order valence-electron chi connectivity index (χ0n) is 12.7. The highest BCUT2D eigenvalue weighted by molar-refractivity contribution is 6.03. The summed E-state index contributed by atoms with van der Waals surface area (Å²) in [6, 6.07) is 7.40. The number of rotatable bonds is 5. The molecule has 23 heavy (non-hydrogen) atoms. The van der Waals surface area contributed by atoms with Gasteiger partial charge in [0.2, 0.25) is 5.43 Å². The molecule has 120 valence electrons. The fourth-order valence-corrected chi connectivity index (χ4v) is 1.85. The van der Waals surface area contributed by atoms with Gasteiger partial charge in [0.25, 0.3) is 5.91 Å². The third-order valence-corrected chi connectivity index (χ3v) is 3.00. The minimum Gasteiger partial charge on any atom is -0.491 e. The summed E-state index contributed by atoms with van der Waals surface area (Å²) in [5.41, 5.74) is 0.585. The number of amides is 1. The van der Waals surface area contributed by atoms with Gasteiger partial charge in [0.15, 0.2) is 5.75 Å². The lowest BCUT2D eigenvalue weighted by atomic mass is 10.2. The maximum absolute atomic E-state index is 12.1. The Hall–Kier alpha value is -3.09. The van der Waals surface area contributed by atoms with Gasteiger partial charge in [-0.2, -0.15) is 0 Å². The van der Waals surface area contributed by atoms with Gasteiger partial charge in [0.1, 0.15) is 5.69 Å². The van der Waals surface area contributed by atoms with Crippen molar-refractivity contribution < 1.29 is 19.1 Å². The molecule has 7 heteroatoms. The summed E-state index contributed by atoms with van der Waals surface area (Å²) in [6.07, 6.45) is 1.32. The van der Waals surface area contributed by atoms with E-state index in [1.165, 1.54) is 13.3 Å². The number of anilines is 1. The van der Waals surface area contributed by atoms with E-state index in [-0.39, 0.29) is 11.4 Å². The molecule has 2 N–H and O–H groups in total. The van der Waals surface area contributed by atoms with Crippen LogP contribution < -0.4 is 15.5 Å². The van der Waals surface area contributed by atoms with E-state index in [1.54, 1.807) is 31.2 Å². The lowest BCUT2D eigenvalue weighted by Gasteiger charge is -2.07. The van der Waals surface area contributed by atoms with E-state index < -0.39 is 17.3 Å². The second-order valence-electron chi connectivity index (χ2n) is 4.53. The van der Waals surface area contributed by atoms with Crippen LogP contribution in [0.2, 0.25) is 0 Å². The van der Waals surface area contributed by atoms with Crippen molar-refractivity contribution in [2.75, 3.05) is 19.0 Å². The molecule has 1 aromatic heterocycles. The number of nitrogens with one attached hydrogen (secondary N) is 2. The second kappa shape index (κ2) is 7.26. The summed E-state index contributed by atoms with van der Waals surface area (Å²) >= 11 is 0. The number of esters is 1. The van der Waals surface area contributed by atoms with Crippen molar-refractivity contribution >= 4 is 17.6 Å². The van der Waals surface area contributed by atoms with Crippen LogP contribution in [0.25, 0.3) is 0 Å². The van der Waals surface area contributed by atoms with Gasteiger partial charge in [-0.05, 0) is 31.2 Å². The molecule has 0 aliphatic heterocycles. The van der Waals surface area contributed by atoms with Crippen LogP contribution >= 0.6 is 0 Å². The molecule has 2 rings (SSSR count). The Balaban J connectivity index is 2.09. The van der Waals surface area contributed by atoms with Gasteiger partial charge in [-0.25, -0.2) is 4.79 Å². The number of carbonyl (C=O) groups excluding carboxylic acids is 2. The summed E-state index contributed by atoms with van der Waals surface area (Å²) < 4.78 is 9.71. The van der Waals surface area contributed by atoms with Gasteiger partial charge in [-0.15, -0.1) is 0 Å². The Bertz CT molecular complexity index is 765. The molecule has 0 radical (unpaired) electrons. The highest BCUT2D eigenvalue weighted by atomic mass is 16.5. The van der Waals surface area contributed by atoms with E-state index in [4.69, 9.17) is 9.47 Å². The molecule has 0 saturated heterocycles. The molecule has 0 saturated carbocycles. The molecule has 1 amide bonds. The van der Waals surface area contributed by atoms with Gasteiger partial charge in [0, 0.05) is 18.0 Å². The predicted octanol–water partition coefficient (Wildman–Crippen LogP) is 1.81. The summed E-state index contributed by atoms with van der Waals surface area (Å²) in [4.78, 5) is 37.9. The normalized spacial score (nSPS) is 10.0. The zero-order chi connectivity index (χ0) is 16.8. The van der Waals surface area contributed by atoms with Gasteiger partial charge >= 0.3 is 5.97 Å². The third-order valence-electron chi connectivity index (χ3n) is 3.00. The number of methoxy groups -OCH3 is 1. The molecule has 1 heterocycles. The number of aromatic amines is 1. The highest BCUT2D eigenvalue weighted by Crippen LogP contribution is 2.12.